The van der Waals surface area contributed by atoms with Crippen molar-refractivity contribution in [2.45, 2.75) is 20.8 Å². The normalized spacial score (nSPS) is 10.4. The fraction of sp³-hybridized carbons (Fsp3) is 0.500. The van der Waals surface area contributed by atoms with Gasteiger partial charge in [0, 0.05) is 12.6 Å². The number of anilines is 1. The fourth-order valence-electron chi connectivity index (χ4n) is 1.08. The van der Waals surface area contributed by atoms with Gasteiger partial charge >= 0.3 is 5.97 Å². The minimum absolute atomic E-state index is 0.0220. The minimum Gasteiger partial charge on any atom is -0.477 e. The fourth-order valence-corrected chi connectivity index (χ4v) is 1.08. The van der Waals surface area contributed by atoms with E-state index >= 15 is 0 Å². The maximum atomic E-state index is 10.7. The van der Waals surface area contributed by atoms with Gasteiger partial charge in [-0.15, -0.1) is 0 Å². The topological polar surface area (TPSA) is 75.1 Å². The van der Waals surface area contributed by atoms with E-state index in [0.29, 0.717) is 17.6 Å². The highest BCUT2D eigenvalue weighted by molar-refractivity contribution is 5.86. The molecule has 0 unspecified atom stereocenters. The average Bonchev–Trinajstić information content (AvgIpc) is 2.13. The summed E-state index contributed by atoms with van der Waals surface area (Å²) in [5, 5.41) is 11.9. The summed E-state index contributed by atoms with van der Waals surface area (Å²) in [6, 6.07) is 1.44. The maximum absolute atomic E-state index is 10.7. The zero-order valence-electron chi connectivity index (χ0n) is 9.11. The van der Waals surface area contributed by atoms with Crippen molar-refractivity contribution in [1.29, 1.82) is 0 Å². The molecule has 0 bridgehead atoms. The summed E-state index contributed by atoms with van der Waals surface area (Å²) < 4.78 is 0. The summed E-state index contributed by atoms with van der Waals surface area (Å²) in [4.78, 5) is 18.6. The Hall–Kier alpha value is -1.65. The predicted molar refractivity (Wildman–Crippen MR) is 57.1 cm³/mol. The van der Waals surface area contributed by atoms with Gasteiger partial charge in [-0.3, -0.25) is 0 Å². The molecule has 0 saturated heterocycles. The van der Waals surface area contributed by atoms with Crippen LogP contribution in [-0.4, -0.2) is 27.6 Å². The molecule has 1 rings (SSSR count). The molecule has 15 heavy (non-hydrogen) atoms. The number of carboxylic acid groups (broad SMARTS) is 1. The highest BCUT2D eigenvalue weighted by Crippen LogP contribution is 2.07. The molecule has 0 aliphatic rings. The Morgan fingerprint density at radius 3 is 2.73 bits per heavy atom. The molecule has 2 N–H and O–H groups in total. The van der Waals surface area contributed by atoms with Crippen LogP contribution in [0.1, 0.15) is 30.2 Å². The van der Waals surface area contributed by atoms with Crippen LogP contribution in [0, 0.1) is 12.8 Å². The number of rotatable bonds is 4. The van der Waals surface area contributed by atoms with Gasteiger partial charge in [0.25, 0.3) is 0 Å². The van der Waals surface area contributed by atoms with Crippen LogP contribution in [0.4, 0.5) is 5.82 Å². The van der Waals surface area contributed by atoms with Crippen molar-refractivity contribution in [3.05, 3.63) is 17.6 Å². The number of aromatic carboxylic acids is 1. The van der Waals surface area contributed by atoms with E-state index in [1.54, 1.807) is 6.92 Å². The summed E-state index contributed by atoms with van der Waals surface area (Å²) in [6.07, 6.45) is 0. The van der Waals surface area contributed by atoms with Gasteiger partial charge in [0.05, 0.1) is 0 Å². The van der Waals surface area contributed by atoms with Crippen molar-refractivity contribution in [3.8, 4) is 0 Å². The number of nitrogens with one attached hydrogen (secondary N) is 1. The van der Waals surface area contributed by atoms with Crippen molar-refractivity contribution in [2.75, 3.05) is 11.9 Å². The smallest absolute Gasteiger partial charge is 0.354 e. The van der Waals surface area contributed by atoms with Crippen LogP contribution in [0.25, 0.3) is 0 Å². The van der Waals surface area contributed by atoms with Gasteiger partial charge in [-0.05, 0) is 12.8 Å². The van der Waals surface area contributed by atoms with E-state index in [9.17, 15) is 4.79 Å². The Bertz CT molecular complexity index is 364. The number of carboxylic acids is 1. The third-order valence-corrected chi connectivity index (χ3v) is 1.75. The van der Waals surface area contributed by atoms with E-state index in [1.807, 2.05) is 0 Å². The van der Waals surface area contributed by atoms with Crippen LogP contribution in [0.3, 0.4) is 0 Å². The quantitative estimate of drug-likeness (QED) is 0.786. The lowest BCUT2D eigenvalue weighted by Crippen LogP contribution is -2.12. The highest BCUT2D eigenvalue weighted by atomic mass is 16.4. The van der Waals surface area contributed by atoms with Crippen LogP contribution in [0.5, 0.6) is 0 Å². The Balaban J connectivity index is 2.84. The second-order valence-electron chi connectivity index (χ2n) is 3.77. The molecule has 5 heteroatoms. The van der Waals surface area contributed by atoms with Crippen LogP contribution in [0.15, 0.2) is 6.07 Å². The van der Waals surface area contributed by atoms with E-state index in [2.05, 4.69) is 29.1 Å². The van der Waals surface area contributed by atoms with Crippen LogP contribution in [0.2, 0.25) is 0 Å². The SMILES string of the molecule is Cc1nc(NCC(C)C)cc(C(=O)O)n1. The van der Waals surface area contributed by atoms with E-state index in [-0.39, 0.29) is 5.69 Å². The molecule has 0 fully saturated rings. The van der Waals surface area contributed by atoms with Gasteiger partial charge in [0.15, 0.2) is 5.69 Å². The van der Waals surface area contributed by atoms with Crippen molar-refractivity contribution >= 4 is 11.8 Å². The first-order valence-electron chi connectivity index (χ1n) is 4.82. The molecule has 0 aliphatic heterocycles. The average molecular weight is 209 g/mol. The summed E-state index contributed by atoms with van der Waals surface area (Å²) >= 11 is 0. The summed E-state index contributed by atoms with van der Waals surface area (Å²) in [5.41, 5.74) is 0.0220. The van der Waals surface area contributed by atoms with Crippen LogP contribution >= 0.6 is 0 Å². The van der Waals surface area contributed by atoms with Crippen LogP contribution < -0.4 is 5.32 Å². The third-order valence-electron chi connectivity index (χ3n) is 1.75. The Morgan fingerprint density at radius 1 is 1.53 bits per heavy atom. The molecule has 5 nitrogen and oxygen atoms in total. The Kier molecular flexibility index (Phi) is 3.60. The molecule has 0 aliphatic carbocycles. The standard InChI is InChI=1S/C10H15N3O2/c1-6(2)5-11-9-4-8(10(14)15)12-7(3)13-9/h4,6H,5H2,1-3H3,(H,14,15)(H,11,12,13). The van der Waals surface area contributed by atoms with Gasteiger partial charge in [0.2, 0.25) is 0 Å². The predicted octanol–water partition coefficient (Wildman–Crippen LogP) is 1.55. The first-order valence-corrected chi connectivity index (χ1v) is 4.82. The Labute approximate surface area is 88.6 Å². The molecule has 0 spiro atoms. The van der Waals surface area contributed by atoms with E-state index in [4.69, 9.17) is 5.11 Å². The molecule has 0 aromatic carbocycles. The van der Waals surface area contributed by atoms with Gasteiger partial charge in [-0.1, -0.05) is 13.8 Å². The van der Waals surface area contributed by atoms with Crippen molar-refractivity contribution in [1.82, 2.24) is 9.97 Å². The molecular formula is C10H15N3O2. The lowest BCUT2D eigenvalue weighted by molar-refractivity contribution is 0.0690. The molecule has 0 atom stereocenters. The number of aromatic nitrogens is 2. The highest BCUT2D eigenvalue weighted by Gasteiger charge is 2.08. The van der Waals surface area contributed by atoms with E-state index in [1.165, 1.54) is 6.07 Å². The van der Waals surface area contributed by atoms with E-state index in [0.717, 1.165) is 6.54 Å². The van der Waals surface area contributed by atoms with Crippen molar-refractivity contribution in [3.63, 3.8) is 0 Å². The second kappa shape index (κ2) is 4.72. The maximum Gasteiger partial charge on any atom is 0.354 e. The zero-order chi connectivity index (χ0) is 11.4. The molecule has 82 valence electrons. The summed E-state index contributed by atoms with van der Waals surface area (Å²) in [5.74, 6) is 0.469. The first kappa shape index (κ1) is 11.4. The number of hydrogen-bond acceptors (Lipinski definition) is 4. The molecule has 0 amide bonds. The Morgan fingerprint density at radius 2 is 2.20 bits per heavy atom. The van der Waals surface area contributed by atoms with Gasteiger partial charge in [-0.2, -0.15) is 0 Å². The zero-order valence-corrected chi connectivity index (χ0v) is 9.11. The number of hydrogen-bond donors (Lipinski definition) is 2. The number of carbonyl (C=O) groups is 1. The molecule has 0 saturated carbocycles. The monoisotopic (exact) mass is 209 g/mol. The van der Waals surface area contributed by atoms with E-state index < -0.39 is 5.97 Å². The van der Waals surface area contributed by atoms with Crippen molar-refractivity contribution in [2.24, 2.45) is 5.92 Å². The van der Waals surface area contributed by atoms with Crippen molar-refractivity contribution < 1.29 is 9.90 Å². The van der Waals surface area contributed by atoms with Gasteiger partial charge in [0.1, 0.15) is 11.6 Å². The lowest BCUT2D eigenvalue weighted by Gasteiger charge is -2.08. The molecule has 1 heterocycles. The second-order valence-corrected chi connectivity index (χ2v) is 3.77. The summed E-state index contributed by atoms with van der Waals surface area (Å²) in [7, 11) is 0. The lowest BCUT2D eigenvalue weighted by atomic mass is 10.2. The minimum atomic E-state index is -1.03. The van der Waals surface area contributed by atoms with Gasteiger partial charge in [-0.25, -0.2) is 14.8 Å². The number of aryl methyl sites for hydroxylation is 1. The first-order chi connectivity index (χ1) is 6.99. The summed E-state index contributed by atoms with van der Waals surface area (Å²) in [6.45, 7) is 6.57. The molecule has 0 radical (unpaired) electrons. The molecule has 1 aromatic heterocycles. The van der Waals surface area contributed by atoms with Crippen LogP contribution in [-0.2, 0) is 0 Å². The number of nitrogens with zero attached hydrogens (tertiary/aromatic N) is 2. The molecule has 1 aromatic rings. The van der Waals surface area contributed by atoms with Gasteiger partial charge < -0.3 is 10.4 Å². The molecular weight excluding hydrogens is 194 g/mol. The largest absolute Gasteiger partial charge is 0.477 e. The third kappa shape index (κ3) is 3.53.